The summed E-state index contributed by atoms with van der Waals surface area (Å²) in [6.45, 7) is 0. The lowest BCUT2D eigenvalue weighted by Gasteiger charge is -1.96. The fourth-order valence-corrected chi connectivity index (χ4v) is 1.33. The molecule has 1 aromatic carbocycles. The zero-order valence-electron chi connectivity index (χ0n) is 6.47. The van der Waals surface area contributed by atoms with E-state index in [1.165, 1.54) is 18.2 Å². The second-order valence-electron chi connectivity index (χ2n) is 2.31. The van der Waals surface area contributed by atoms with Crippen molar-refractivity contribution in [2.45, 2.75) is 4.90 Å². The minimum atomic E-state index is -2.71. The van der Waals surface area contributed by atoms with Gasteiger partial charge in [0.15, 0.2) is 23.3 Å². The second-order valence-corrected chi connectivity index (χ2v) is 3.34. The number of aldehydes is 2. The number of benzene rings is 1. The number of hydrogen-bond acceptors (Lipinski definition) is 4. The molecule has 0 fully saturated rings. The predicted octanol–water partition coefficient (Wildman–Crippen LogP) is 0.282. The molecule has 0 aliphatic carbocycles. The summed E-state index contributed by atoms with van der Waals surface area (Å²) in [7, 11) is -2.71. The van der Waals surface area contributed by atoms with Crippen LogP contribution in [0.25, 0.3) is 0 Å². The third-order valence-corrected chi connectivity index (χ3v) is 2.23. The molecule has 0 unspecified atom stereocenters. The van der Waals surface area contributed by atoms with Crippen molar-refractivity contribution in [1.82, 2.24) is 0 Å². The van der Waals surface area contributed by atoms with Gasteiger partial charge in [-0.2, -0.15) is 0 Å². The van der Waals surface area contributed by atoms with E-state index in [0.717, 1.165) is 0 Å². The first-order valence-electron chi connectivity index (χ1n) is 3.38. The molecule has 0 heterocycles. The first-order chi connectivity index (χ1) is 6.19. The minimum Gasteiger partial charge on any atom is -0.298 e. The van der Waals surface area contributed by atoms with Gasteiger partial charge in [-0.05, 0) is 18.2 Å². The number of rotatable bonds is 3. The van der Waals surface area contributed by atoms with Crippen LogP contribution >= 0.6 is 0 Å². The van der Waals surface area contributed by atoms with Gasteiger partial charge in [-0.15, -0.1) is 0 Å². The Labute approximate surface area is 76.1 Å². The molecule has 4 nitrogen and oxygen atoms in total. The lowest BCUT2D eigenvalue weighted by atomic mass is 10.1. The second kappa shape index (κ2) is 3.95. The van der Waals surface area contributed by atoms with Gasteiger partial charge in [0, 0.05) is 11.1 Å². The molecule has 0 radical (unpaired) electrons. The van der Waals surface area contributed by atoms with E-state index >= 15 is 0 Å². The first-order valence-corrected chi connectivity index (χ1v) is 4.55. The fourth-order valence-electron chi connectivity index (χ4n) is 0.885. The molecule has 1 aromatic rings. The molecule has 0 aromatic heterocycles. The van der Waals surface area contributed by atoms with Gasteiger partial charge >= 0.3 is 0 Å². The van der Waals surface area contributed by atoms with Crippen molar-refractivity contribution in [3.63, 3.8) is 0 Å². The molecule has 5 heteroatoms. The summed E-state index contributed by atoms with van der Waals surface area (Å²) >= 11 is 0. The highest BCUT2D eigenvalue weighted by molar-refractivity contribution is 7.72. The van der Waals surface area contributed by atoms with Crippen molar-refractivity contribution >= 4 is 23.3 Å². The van der Waals surface area contributed by atoms with Gasteiger partial charge in [0.05, 0.1) is 4.90 Å². The molecule has 13 heavy (non-hydrogen) atoms. The summed E-state index contributed by atoms with van der Waals surface area (Å²) in [4.78, 5) is 20.8. The van der Waals surface area contributed by atoms with Crippen LogP contribution in [0.5, 0.6) is 0 Å². The Bertz CT molecular complexity index is 412. The maximum Gasteiger partial charge on any atom is 0.168 e. The summed E-state index contributed by atoms with van der Waals surface area (Å²) in [5, 5.41) is 0. The van der Waals surface area contributed by atoms with Gasteiger partial charge in [0.1, 0.15) is 0 Å². The van der Waals surface area contributed by atoms with E-state index in [-0.39, 0.29) is 16.0 Å². The first kappa shape index (κ1) is 9.60. The van der Waals surface area contributed by atoms with Gasteiger partial charge < -0.3 is 0 Å². The highest BCUT2D eigenvalue weighted by atomic mass is 32.2. The van der Waals surface area contributed by atoms with E-state index in [1.54, 1.807) is 0 Å². The van der Waals surface area contributed by atoms with Gasteiger partial charge in [0.2, 0.25) is 0 Å². The average molecular weight is 198 g/mol. The molecule has 0 amide bonds. The van der Waals surface area contributed by atoms with Crippen LogP contribution in [-0.2, 0) is 10.7 Å². The summed E-state index contributed by atoms with van der Waals surface area (Å²) in [5.41, 5.74) is 0.280. The standard InChI is InChI=1S/C8H6O4S/c9-4-6-1-2-8(13(11)12)3-7(6)5-10/h1-5,13H. The van der Waals surface area contributed by atoms with Crippen molar-refractivity contribution in [3.8, 4) is 0 Å². The van der Waals surface area contributed by atoms with Crippen LogP contribution in [0.2, 0.25) is 0 Å². The van der Waals surface area contributed by atoms with Gasteiger partial charge in [0.25, 0.3) is 0 Å². The van der Waals surface area contributed by atoms with Crippen molar-refractivity contribution in [3.05, 3.63) is 29.3 Å². The number of thiol groups is 1. The van der Waals surface area contributed by atoms with Crippen molar-refractivity contribution in [2.75, 3.05) is 0 Å². The Kier molecular flexibility index (Phi) is 2.92. The quantitative estimate of drug-likeness (QED) is 0.559. The average Bonchev–Trinajstić information content (AvgIpc) is 2.16. The van der Waals surface area contributed by atoms with E-state index in [2.05, 4.69) is 0 Å². The SMILES string of the molecule is O=Cc1ccc([SH](=O)=O)cc1C=O. The molecule has 0 saturated heterocycles. The molecule has 1 rings (SSSR count). The topological polar surface area (TPSA) is 68.3 Å². The summed E-state index contributed by atoms with van der Waals surface area (Å²) in [6, 6.07) is 3.75. The zero-order chi connectivity index (χ0) is 9.84. The molecule has 0 aliphatic rings. The third-order valence-electron chi connectivity index (χ3n) is 1.54. The fraction of sp³-hybridized carbons (Fsp3) is 0. The van der Waals surface area contributed by atoms with Gasteiger partial charge in [-0.25, -0.2) is 8.42 Å². The van der Waals surface area contributed by atoms with E-state index in [1.807, 2.05) is 0 Å². The molecule has 68 valence electrons. The van der Waals surface area contributed by atoms with Crippen LogP contribution in [0.1, 0.15) is 20.7 Å². The Balaban J connectivity index is 3.36. The molecule has 0 atom stereocenters. The lowest BCUT2D eigenvalue weighted by molar-refractivity contribution is 0.109. The Morgan fingerprint density at radius 1 is 1.00 bits per heavy atom. The van der Waals surface area contributed by atoms with Gasteiger partial charge in [-0.1, -0.05) is 0 Å². The molecule has 0 aliphatic heterocycles. The van der Waals surface area contributed by atoms with Crippen LogP contribution in [0.15, 0.2) is 23.1 Å². The molecule has 0 bridgehead atoms. The van der Waals surface area contributed by atoms with Crippen LogP contribution in [0.4, 0.5) is 0 Å². The minimum absolute atomic E-state index is 0.0303. The van der Waals surface area contributed by atoms with Crippen LogP contribution in [0, 0.1) is 0 Å². The highest BCUT2D eigenvalue weighted by Gasteiger charge is 2.02. The monoisotopic (exact) mass is 198 g/mol. The maximum absolute atomic E-state index is 10.5. The van der Waals surface area contributed by atoms with E-state index < -0.39 is 10.7 Å². The number of hydrogen-bond donors (Lipinski definition) is 1. The van der Waals surface area contributed by atoms with Crippen LogP contribution < -0.4 is 0 Å². The van der Waals surface area contributed by atoms with Crippen molar-refractivity contribution < 1.29 is 18.0 Å². The third kappa shape index (κ3) is 2.00. The summed E-state index contributed by atoms with van der Waals surface area (Å²) < 4.78 is 21.0. The van der Waals surface area contributed by atoms with E-state index in [4.69, 9.17) is 0 Å². The van der Waals surface area contributed by atoms with E-state index in [0.29, 0.717) is 12.6 Å². The normalized spacial score (nSPS) is 9.92. The zero-order valence-corrected chi connectivity index (χ0v) is 7.36. The van der Waals surface area contributed by atoms with E-state index in [9.17, 15) is 18.0 Å². The molecule has 0 spiro atoms. The van der Waals surface area contributed by atoms with Crippen molar-refractivity contribution in [2.24, 2.45) is 0 Å². The largest absolute Gasteiger partial charge is 0.298 e. The molecule has 0 N–H and O–H groups in total. The van der Waals surface area contributed by atoms with Crippen molar-refractivity contribution in [1.29, 1.82) is 0 Å². The molecule has 0 saturated carbocycles. The highest BCUT2D eigenvalue weighted by Crippen LogP contribution is 2.09. The number of carbonyl (C=O) groups is 2. The number of carbonyl (C=O) groups excluding carboxylic acids is 2. The molecular formula is C8H6O4S. The maximum atomic E-state index is 10.5. The predicted molar refractivity (Wildman–Crippen MR) is 45.8 cm³/mol. The Morgan fingerprint density at radius 2 is 1.62 bits per heavy atom. The Morgan fingerprint density at radius 3 is 2.08 bits per heavy atom. The summed E-state index contributed by atoms with van der Waals surface area (Å²) in [6.07, 6.45) is 0.956. The van der Waals surface area contributed by atoms with Crippen LogP contribution in [0.3, 0.4) is 0 Å². The Hall–Kier alpha value is -1.49. The summed E-state index contributed by atoms with van der Waals surface area (Å²) in [5.74, 6) is 0. The smallest absolute Gasteiger partial charge is 0.168 e. The van der Waals surface area contributed by atoms with Crippen LogP contribution in [-0.4, -0.2) is 21.0 Å². The van der Waals surface area contributed by atoms with Gasteiger partial charge in [-0.3, -0.25) is 9.59 Å². The lowest BCUT2D eigenvalue weighted by Crippen LogP contribution is -1.92. The molecular weight excluding hydrogens is 192 g/mol.